The Labute approximate surface area is 165 Å². The highest BCUT2D eigenvalue weighted by molar-refractivity contribution is 9.11. The third kappa shape index (κ3) is 4.52. The van der Waals surface area contributed by atoms with Crippen LogP contribution in [0.4, 0.5) is 0 Å². The van der Waals surface area contributed by atoms with Gasteiger partial charge in [-0.15, -0.1) is 10.2 Å². The minimum atomic E-state index is -0.407. The van der Waals surface area contributed by atoms with Crippen molar-refractivity contribution in [3.63, 3.8) is 0 Å². The number of aromatic hydroxyl groups is 1. The number of amides is 1. The zero-order valence-corrected chi connectivity index (χ0v) is 16.3. The van der Waals surface area contributed by atoms with Crippen LogP contribution in [0, 0.1) is 0 Å². The van der Waals surface area contributed by atoms with Crippen molar-refractivity contribution in [3.05, 3.63) is 57.0 Å². The van der Waals surface area contributed by atoms with Crippen LogP contribution in [-0.2, 0) is 11.3 Å². The maximum atomic E-state index is 11.9. The van der Waals surface area contributed by atoms with Crippen LogP contribution in [0.2, 0.25) is 0 Å². The summed E-state index contributed by atoms with van der Waals surface area (Å²) < 4.78 is 1.27. The molecule has 0 unspecified atom stereocenters. The topological polar surface area (TPSA) is 105 Å². The number of nitrogens with one attached hydrogen (secondary N) is 1. The van der Waals surface area contributed by atoms with Crippen molar-refractivity contribution in [1.82, 2.24) is 25.6 Å². The van der Waals surface area contributed by atoms with Crippen molar-refractivity contribution in [2.24, 2.45) is 5.10 Å². The van der Waals surface area contributed by atoms with Gasteiger partial charge in [0.2, 0.25) is 5.82 Å². The molecule has 1 aromatic heterocycles. The smallest absolute Gasteiger partial charge is 0.263 e. The van der Waals surface area contributed by atoms with Gasteiger partial charge < -0.3 is 5.11 Å². The normalized spacial score (nSPS) is 11.0. The summed E-state index contributed by atoms with van der Waals surface area (Å²) in [5.74, 6) is 0.105. The molecule has 0 aliphatic rings. The molecule has 0 aliphatic carbocycles. The number of hydrazone groups is 1. The summed E-state index contributed by atoms with van der Waals surface area (Å²) >= 11 is 6.56. The average Bonchev–Trinajstić information content (AvgIpc) is 3.08. The molecule has 0 aliphatic heterocycles. The van der Waals surface area contributed by atoms with E-state index in [-0.39, 0.29) is 12.3 Å². The second-order valence-electron chi connectivity index (χ2n) is 5.13. The molecular weight excluding hydrogens is 468 g/mol. The van der Waals surface area contributed by atoms with Crippen molar-refractivity contribution in [2.75, 3.05) is 0 Å². The third-order valence-electron chi connectivity index (χ3n) is 3.23. The van der Waals surface area contributed by atoms with Crippen LogP contribution in [0.3, 0.4) is 0 Å². The molecule has 1 heterocycles. The Morgan fingerprint density at radius 2 is 2.00 bits per heavy atom. The van der Waals surface area contributed by atoms with E-state index in [1.165, 1.54) is 17.1 Å². The monoisotopic (exact) mass is 478 g/mol. The number of benzene rings is 2. The van der Waals surface area contributed by atoms with E-state index in [1.54, 1.807) is 6.07 Å². The first-order chi connectivity index (χ1) is 12.5. The van der Waals surface area contributed by atoms with Crippen molar-refractivity contribution in [3.8, 4) is 17.1 Å². The fourth-order valence-corrected chi connectivity index (χ4v) is 3.10. The number of rotatable bonds is 5. The molecule has 132 valence electrons. The highest BCUT2D eigenvalue weighted by atomic mass is 79.9. The first-order valence-electron chi connectivity index (χ1n) is 7.36. The van der Waals surface area contributed by atoms with Crippen molar-refractivity contribution >= 4 is 44.0 Å². The number of phenolic OH excluding ortho intramolecular Hbond substituents is 1. The van der Waals surface area contributed by atoms with Gasteiger partial charge in [0.1, 0.15) is 12.3 Å². The van der Waals surface area contributed by atoms with Crippen LogP contribution < -0.4 is 5.43 Å². The molecule has 3 rings (SSSR count). The Morgan fingerprint density at radius 1 is 1.23 bits per heavy atom. The number of nitrogens with zero attached hydrogens (tertiary/aromatic N) is 5. The molecule has 0 bridgehead atoms. The lowest BCUT2D eigenvalue weighted by atomic mass is 10.2. The molecule has 3 aromatic rings. The molecule has 0 spiro atoms. The Hall–Kier alpha value is -2.59. The largest absolute Gasteiger partial charge is 0.507 e. The summed E-state index contributed by atoms with van der Waals surface area (Å²) in [7, 11) is 0. The van der Waals surface area contributed by atoms with Crippen LogP contribution in [0.5, 0.6) is 5.75 Å². The standard InChI is InChI=1S/C16H12Br2N6O2/c17-12-7-13(18)14(25)6-11(12)8-19-20-15(26)9-24-22-16(21-23-24)10-4-2-1-3-5-10/h1-8,25H,9H2,(H,20,26). The van der Waals surface area contributed by atoms with Crippen LogP contribution in [0.1, 0.15) is 5.56 Å². The molecule has 2 aromatic carbocycles. The van der Waals surface area contributed by atoms with Gasteiger partial charge in [0.05, 0.1) is 10.7 Å². The number of carbonyl (C=O) groups excluding carboxylic acids is 1. The van der Waals surface area contributed by atoms with E-state index in [0.717, 1.165) is 5.56 Å². The van der Waals surface area contributed by atoms with Gasteiger partial charge in [-0.25, -0.2) is 5.43 Å². The number of hydrogen-bond acceptors (Lipinski definition) is 6. The SMILES string of the molecule is O=C(Cn1nnc(-c2ccccc2)n1)NN=Cc1cc(O)c(Br)cc1Br. The average molecular weight is 480 g/mol. The summed E-state index contributed by atoms with van der Waals surface area (Å²) in [5, 5.41) is 25.5. The molecule has 1 amide bonds. The molecule has 0 saturated heterocycles. The van der Waals surface area contributed by atoms with Crippen LogP contribution in [-0.4, -0.2) is 37.4 Å². The quantitative estimate of drug-likeness (QED) is 0.432. The number of halogens is 2. The number of phenols is 1. The summed E-state index contributed by atoms with van der Waals surface area (Å²) in [5.41, 5.74) is 3.80. The number of carbonyl (C=O) groups is 1. The summed E-state index contributed by atoms with van der Waals surface area (Å²) in [6, 6.07) is 12.5. The van der Waals surface area contributed by atoms with Gasteiger partial charge in [0.25, 0.3) is 5.91 Å². The molecule has 0 atom stereocenters. The lowest BCUT2D eigenvalue weighted by molar-refractivity contribution is -0.122. The molecule has 0 radical (unpaired) electrons. The number of aromatic nitrogens is 4. The van der Waals surface area contributed by atoms with E-state index in [0.29, 0.717) is 20.3 Å². The third-order valence-corrected chi connectivity index (χ3v) is 4.55. The lowest BCUT2D eigenvalue weighted by Gasteiger charge is -2.02. The molecule has 2 N–H and O–H groups in total. The van der Waals surface area contributed by atoms with Crippen molar-refractivity contribution in [2.45, 2.75) is 6.54 Å². The highest BCUT2D eigenvalue weighted by Gasteiger charge is 2.09. The Bertz CT molecular complexity index is 959. The van der Waals surface area contributed by atoms with Crippen LogP contribution in [0.25, 0.3) is 11.4 Å². The molecule has 0 saturated carbocycles. The second-order valence-corrected chi connectivity index (χ2v) is 6.84. The summed E-state index contributed by atoms with van der Waals surface area (Å²) in [6.45, 7) is -0.121. The Kier molecular flexibility index (Phi) is 5.74. The Balaban J connectivity index is 1.60. The summed E-state index contributed by atoms with van der Waals surface area (Å²) in [4.78, 5) is 13.1. The fraction of sp³-hybridized carbons (Fsp3) is 0.0625. The Morgan fingerprint density at radius 3 is 2.77 bits per heavy atom. The van der Waals surface area contributed by atoms with Gasteiger partial charge in [0.15, 0.2) is 0 Å². The van der Waals surface area contributed by atoms with Crippen LogP contribution >= 0.6 is 31.9 Å². The van der Waals surface area contributed by atoms with Crippen LogP contribution in [0.15, 0.2) is 56.5 Å². The molecule has 10 heteroatoms. The predicted molar refractivity (Wildman–Crippen MR) is 102 cm³/mol. The van der Waals surface area contributed by atoms with E-state index in [1.807, 2.05) is 30.3 Å². The maximum Gasteiger partial charge on any atom is 0.263 e. The number of tetrazole rings is 1. The van der Waals surface area contributed by atoms with Gasteiger partial charge >= 0.3 is 0 Å². The summed E-state index contributed by atoms with van der Waals surface area (Å²) in [6.07, 6.45) is 1.41. The number of hydrogen-bond donors (Lipinski definition) is 2. The lowest BCUT2D eigenvalue weighted by Crippen LogP contribution is -2.24. The molecule has 26 heavy (non-hydrogen) atoms. The molecular formula is C16H12Br2N6O2. The van der Waals surface area contributed by atoms with Gasteiger partial charge in [-0.05, 0) is 33.3 Å². The minimum absolute atomic E-state index is 0.0706. The minimum Gasteiger partial charge on any atom is -0.507 e. The van der Waals surface area contributed by atoms with Gasteiger partial charge in [0, 0.05) is 15.6 Å². The second kappa shape index (κ2) is 8.19. The highest BCUT2D eigenvalue weighted by Crippen LogP contribution is 2.29. The van der Waals surface area contributed by atoms with Gasteiger partial charge in [-0.1, -0.05) is 46.3 Å². The zero-order valence-electron chi connectivity index (χ0n) is 13.2. The van der Waals surface area contributed by atoms with E-state index in [2.05, 4.69) is 57.8 Å². The maximum absolute atomic E-state index is 11.9. The first-order valence-corrected chi connectivity index (χ1v) is 8.94. The predicted octanol–water partition coefficient (Wildman–Crippen LogP) is 2.72. The molecule has 8 nitrogen and oxygen atoms in total. The van der Waals surface area contributed by atoms with Gasteiger partial charge in [-0.3, -0.25) is 4.79 Å². The van der Waals surface area contributed by atoms with Crippen molar-refractivity contribution < 1.29 is 9.90 Å². The van der Waals surface area contributed by atoms with Gasteiger partial charge in [-0.2, -0.15) is 9.90 Å². The fourth-order valence-electron chi connectivity index (χ4n) is 2.00. The van der Waals surface area contributed by atoms with E-state index in [9.17, 15) is 9.90 Å². The van der Waals surface area contributed by atoms with E-state index >= 15 is 0 Å². The zero-order chi connectivity index (χ0) is 18.5. The first kappa shape index (κ1) is 18.2. The molecule has 0 fully saturated rings. The van der Waals surface area contributed by atoms with E-state index in [4.69, 9.17) is 0 Å². The van der Waals surface area contributed by atoms with Crippen molar-refractivity contribution in [1.29, 1.82) is 0 Å². The van der Waals surface area contributed by atoms with E-state index < -0.39 is 5.91 Å².